The number of Topliss-reactive ketones (excluding diaryl/α,β-unsaturated/α-hetero) is 1. The van der Waals surface area contributed by atoms with E-state index in [0.717, 1.165) is 5.56 Å². The first-order valence-corrected chi connectivity index (χ1v) is 11.9. The lowest BCUT2D eigenvalue weighted by Crippen LogP contribution is -2.57. The third-order valence-corrected chi connectivity index (χ3v) is 7.17. The highest BCUT2D eigenvalue weighted by Gasteiger charge is 2.38. The molecule has 3 N–H and O–H groups in total. The summed E-state index contributed by atoms with van der Waals surface area (Å²) < 4.78 is 13.3. The average Bonchev–Trinajstić information content (AvgIpc) is 3.15. The van der Waals surface area contributed by atoms with Gasteiger partial charge in [0.2, 0.25) is 5.78 Å². The van der Waals surface area contributed by atoms with E-state index in [9.17, 15) is 18.8 Å². The number of rotatable bonds is 5. The van der Waals surface area contributed by atoms with Gasteiger partial charge in [0, 0.05) is 45.3 Å². The molecule has 2 aliphatic rings. The van der Waals surface area contributed by atoms with Gasteiger partial charge in [-0.1, -0.05) is 23.7 Å². The molecule has 10 heteroatoms. The molecule has 8 nitrogen and oxygen atoms in total. The van der Waals surface area contributed by atoms with Crippen LogP contribution in [-0.2, 0) is 16.1 Å². The maximum atomic E-state index is 13.6. The van der Waals surface area contributed by atoms with Crippen molar-refractivity contribution >= 4 is 34.9 Å². The lowest BCUT2D eigenvalue weighted by atomic mass is 9.94. The van der Waals surface area contributed by atoms with E-state index in [0.29, 0.717) is 30.9 Å². The van der Waals surface area contributed by atoms with E-state index in [2.05, 4.69) is 10.2 Å². The van der Waals surface area contributed by atoms with Crippen LogP contribution < -0.4 is 16.2 Å². The smallest absolute Gasteiger partial charge is 0.287 e. The van der Waals surface area contributed by atoms with Crippen LogP contribution in [-0.4, -0.2) is 66.2 Å². The second kappa shape index (κ2) is 9.93. The Bertz CT molecular complexity index is 1160. The van der Waals surface area contributed by atoms with Crippen molar-refractivity contribution < 1.29 is 18.8 Å². The molecule has 4 rings (SSSR count). The summed E-state index contributed by atoms with van der Waals surface area (Å²) in [4.78, 5) is 42.2. The number of benzene rings is 2. The van der Waals surface area contributed by atoms with Crippen LogP contribution in [0.15, 0.2) is 36.4 Å². The maximum Gasteiger partial charge on any atom is 0.287 e. The van der Waals surface area contributed by atoms with Crippen molar-refractivity contribution in [3.63, 3.8) is 0 Å². The van der Waals surface area contributed by atoms with Crippen molar-refractivity contribution in [1.82, 2.24) is 15.1 Å². The quantitative estimate of drug-likeness (QED) is 0.482. The Balaban J connectivity index is 1.55. The number of nitrogens with zero attached hydrogens (tertiary/aromatic N) is 3. The zero-order valence-electron chi connectivity index (χ0n) is 19.9. The topological polar surface area (TPSA) is 99.0 Å². The fourth-order valence-electron chi connectivity index (χ4n) is 4.85. The van der Waals surface area contributed by atoms with Gasteiger partial charge in [-0.3, -0.25) is 19.3 Å². The summed E-state index contributed by atoms with van der Waals surface area (Å²) in [5.41, 5.74) is 2.33. The third-order valence-electron chi connectivity index (χ3n) is 6.85. The standard InChI is InChI=1S/C25H29ClFN5O3/c1-14-11-31(15(2)10-30(14)12-16-4-6-17(27)7-5-16)25(35)19-8-18-20(23(33)24(34)29-3)13-32(28)22(18)9-21(19)26/h4-9,14-15,20H,10-13,28H2,1-3H3,(H,29,34)/t14-,15+,20?/m0/s1. The summed E-state index contributed by atoms with van der Waals surface area (Å²) in [6, 6.07) is 9.58. The van der Waals surface area contributed by atoms with Crippen molar-refractivity contribution in [2.24, 2.45) is 5.84 Å². The van der Waals surface area contributed by atoms with Gasteiger partial charge < -0.3 is 15.2 Å². The maximum absolute atomic E-state index is 13.6. The molecule has 0 aromatic heterocycles. The van der Waals surface area contributed by atoms with E-state index < -0.39 is 17.6 Å². The highest BCUT2D eigenvalue weighted by atomic mass is 35.5. The SMILES string of the molecule is CNC(=O)C(=O)C1CN(N)c2cc(Cl)c(C(=O)N3C[C@H](C)N(Cc4ccc(F)cc4)C[C@H]3C)cc21. The number of halogens is 2. The number of anilines is 1. The molecule has 0 bridgehead atoms. The van der Waals surface area contributed by atoms with Gasteiger partial charge in [0.15, 0.2) is 0 Å². The fourth-order valence-corrected chi connectivity index (χ4v) is 5.09. The summed E-state index contributed by atoms with van der Waals surface area (Å²) >= 11 is 6.50. The third kappa shape index (κ3) is 4.89. The van der Waals surface area contributed by atoms with Crippen LogP contribution in [0.1, 0.15) is 41.3 Å². The van der Waals surface area contributed by atoms with Crippen molar-refractivity contribution in [3.05, 3.63) is 63.9 Å². The molecule has 0 saturated carbocycles. The molecule has 2 amide bonds. The lowest BCUT2D eigenvalue weighted by molar-refractivity contribution is -0.138. The van der Waals surface area contributed by atoms with Crippen molar-refractivity contribution in [1.29, 1.82) is 0 Å². The van der Waals surface area contributed by atoms with Gasteiger partial charge in [-0.2, -0.15) is 0 Å². The van der Waals surface area contributed by atoms with E-state index in [4.69, 9.17) is 17.4 Å². The number of nitrogens with one attached hydrogen (secondary N) is 1. The number of likely N-dealkylation sites (N-methyl/N-ethyl adjacent to an activating group) is 1. The molecule has 0 spiro atoms. The van der Waals surface area contributed by atoms with E-state index in [1.165, 1.54) is 24.2 Å². The van der Waals surface area contributed by atoms with Crippen LogP contribution in [0.4, 0.5) is 10.1 Å². The molecule has 2 aromatic carbocycles. The monoisotopic (exact) mass is 501 g/mol. The predicted octanol–water partition coefficient (Wildman–Crippen LogP) is 2.31. The van der Waals surface area contributed by atoms with Gasteiger partial charge in [-0.15, -0.1) is 0 Å². The minimum absolute atomic E-state index is 0.0653. The number of hydrazine groups is 1. The Morgan fingerprint density at radius 3 is 2.43 bits per heavy atom. The number of nitrogens with two attached hydrogens (primary N) is 1. The first kappa shape index (κ1) is 25.1. The molecule has 35 heavy (non-hydrogen) atoms. The van der Waals surface area contributed by atoms with Gasteiger partial charge in [0.25, 0.3) is 11.8 Å². The minimum Gasteiger partial charge on any atom is -0.353 e. The van der Waals surface area contributed by atoms with E-state index in [1.54, 1.807) is 29.2 Å². The molecule has 1 fully saturated rings. The summed E-state index contributed by atoms with van der Waals surface area (Å²) in [6.45, 7) is 5.93. The van der Waals surface area contributed by atoms with Gasteiger partial charge in [0.1, 0.15) is 5.82 Å². The molecule has 2 heterocycles. The second-order valence-electron chi connectivity index (χ2n) is 9.25. The van der Waals surface area contributed by atoms with Crippen LogP contribution >= 0.6 is 11.6 Å². The average molecular weight is 502 g/mol. The number of carbonyl (C=O) groups excluding carboxylic acids is 3. The Kier molecular flexibility index (Phi) is 7.12. The molecule has 1 unspecified atom stereocenters. The Morgan fingerprint density at radius 1 is 1.09 bits per heavy atom. The zero-order chi connectivity index (χ0) is 25.4. The van der Waals surface area contributed by atoms with Crippen LogP contribution in [0.25, 0.3) is 0 Å². The fraction of sp³-hybridized carbons (Fsp3) is 0.400. The number of fused-ring (bicyclic) bond motifs is 1. The van der Waals surface area contributed by atoms with Crippen LogP contribution in [0, 0.1) is 5.82 Å². The van der Waals surface area contributed by atoms with Gasteiger partial charge in [-0.25, -0.2) is 10.2 Å². The molecule has 2 aromatic rings. The highest BCUT2D eigenvalue weighted by molar-refractivity contribution is 6.39. The summed E-state index contributed by atoms with van der Waals surface area (Å²) in [5.74, 6) is 3.45. The Morgan fingerprint density at radius 2 is 1.77 bits per heavy atom. The minimum atomic E-state index is -0.775. The first-order chi connectivity index (χ1) is 16.6. The number of hydrogen-bond donors (Lipinski definition) is 2. The van der Waals surface area contributed by atoms with Gasteiger partial charge in [-0.05, 0) is 49.2 Å². The normalized spacial score (nSPS) is 22.2. The van der Waals surface area contributed by atoms with Crippen molar-refractivity contribution in [2.45, 2.75) is 38.4 Å². The Hall–Kier alpha value is -3.01. The molecular formula is C25H29ClFN5O3. The zero-order valence-corrected chi connectivity index (χ0v) is 20.7. The van der Waals surface area contributed by atoms with Crippen LogP contribution in [0.3, 0.4) is 0 Å². The summed E-state index contributed by atoms with van der Waals surface area (Å²) in [7, 11) is 1.39. The number of piperazine rings is 1. The number of amides is 2. The van der Waals surface area contributed by atoms with E-state index in [1.807, 2.05) is 13.8 Å². The summed E-state index contributed by atoms with van der Waals surface area (Å²) in [5, 5.41) is 3.97. The molecule has 3 atom stereocenters. The Labute approximate surface area is 208 Å². The van der Waals surface area contributed by atoms with Gasteiger partial charge >= 0.3 is 0 Å². The van der Waals surface area contributed by atoms with Crippen molar-refractivity contribution in [3.8, 4) is 0 Å². The molecule has 0 aliphatic carbocycles. The lowest BCUT2D eigenvalue weighted by Gasteiger charge is -2.44. The molecule has 2 aliphatic heterocycles. The largest absolute Gasteiger partial charge is 0.353 e. The molecule has 186 valence electrons. The second-order valence-corrected chi connectivity index (χ2v) is 9.66. The first-order valence-electron chi connectivity index (χ1n) is 11.5. The number of ketones is 1. The number of hydrogen-bond acceptors (Lipinski definition) is 6. The van der Waals surface area contributed by atoms with Gasteiger partial charge in [0.05, 0.1) is 22.2 Å². The van der Waals surface area contributed by atoms with Crippen LogP contribution in [0.2, 0.25) is 5.02 Å². The molecular weight excluding hydrogens is 473 g/mol. The highest BCUT2D eigenvalue weighted by Crippen LogP contribution is 2.39. The number of carbonyl (C=O) groups is 3. The van der Waals surface area contributed by atoms with Crippen molar-refractivity contribution in [2.75, 3.05) is 31.7 Å². The van der Waals surface area contributed by atoms with E-state index in [-0.39, 0.29) is 40.9 Å². The molecule has 0 radical (unpaired) electrons. The summed E-state index contributed by atoms with van der Waals surface area (Å²) in [6.07, 6.45) is 0. The van der Waals surface area contributed by atoms with E-state index >= 15 is 0 Å². The van der Waals surface area contributed by atoms with Crippen LogP contribution in [0.5, 0.6) is 0 Å². The molecule has 1 saturated heterocycles. The predicted molar refractivity (Wildman–Crippen MR) is 132 cm³/mol.